The number of nitrogens with two attached hydrogens (primary N) is 1. The first-order valence-electron chi connectivity index (χ1n) is 9.51. The first-order valence-corrected chi connectivity index (χ1v) is 14.4. The van der Waals surface area contributed by atoms with Crippen molar-refractivity contribution in [1.29, 1.82) is 0 Å². The Hall–Kier alpha value is -1.23. The molecule has 1 aliphatic rings. The number of phosphoric ester groups is 1. The van der Waals surface area contributed by atoms with E-state index in [4.69, 9.17) is 36.4 Å². The summed E-state index contributed by atoms with van der Waals surface area (Å²) in [6, 6.07) is 1.29. The van der Waals surface area contributed by atoms with Crippen LogP contribution in [0.25, 0.3) is 11.0 Å². The Morgan fingerprint density at radius 2 is 1.89 bits per heavy atom. The highest BCUT2D eigenvalue weighted by molar-refractivity contribution is 7.66. The van der Waals surface area contributed by atoms with Crippen LogP contribution in [0.4, 0.5) is 10.3 Å². The third kappa shape index (κ3) is 5.92. The number of nitrogen functional groups attached to an aromatic ring is 1. The minimum atomic E-state index is -5.84. The Morgan fingerprint density at radius 3 is 2.44 bits per heavy atom. The molecule has 1 fully saturated rings. The van der Waals surface area contributed by atoms with Crippen molar-refractivity contribution in [2.45, 2.75) is 42.8 Å². The lowest BCUT2D eigenvalue weighted by Crippen LogP contribution is -2.50. The zero-order valence-corrected chi connectivity index (χ0v) is 21.6. The fourth-order valence-corrected chi connectivity index (χ4v) is 7.21. The fraction of sp³-hybridized carbons (Fsp3) is 0.571. The number of aromatic amines is 1. The predicted molar refractivity (Wildman–Crippen MR) is 118 cm³/mol. The van der Waals surface area contributed by atoms with Crippen molar-refractivity contribution < 1.29 is 60.6 Å². The first-order chi connectivity index (χ1) is 16.2. The Bertz CT molecular complexity index is 1360. The van der Waals surface area contributed by atoms with Gasteiger partial charge in [0, 0.05) is 6.20 Å². The van der Waals surface area contributed by atoms with Gasteiger partial charge in [-0.05, 0) is 19.9 Å². The molecule has 0 saturated carbocycles. The molecular weight excluding hydrogens is 580 g/mol. The third-order valence-corrected chi connectivity index (χ3v) is 9.51. The summed E-state index contributed by atoms with van der Waals surface area (Å²) in [5.41, 5.74) is 2.67. The smallest absolute Gasteiger partial charge is 0.388 e. The summed E-state index contributed by atoms with van der Waals surface area (Å²) in [6.07, 6.45) is -4.07. The van der Waals surface area contributed by atoms with Gasteiger partial charge in [-0.25, -0.2) is 18.1 Å². The maximum absolute atomic E-state index is 14.2. The van der Waals surface area contributed by atoms with Crippen LogP contribution in [-0.2, 0) is 31.6 Å². The van der Waals surface area contributed by atoms with Gasteiger partial charge >= 0.3 is 23.5 Å². The van der Waals surface area contributed by atoms with Crippen LogP contribution in [0, 0.1) is 0 Å². The topological polar surface area (TPSA) is 266 Å². The summed E-state index contributed by atoms with van der Waals surface area (Å²) < 4.78 is 67.8. The number of hydrogen-bond acceptors (Lipinski definition) is 11. The van der Waals surface area contributed by atoms with Crippen LogP contribution in [0.5, 0.6) is 0 Å². The molecule has 1 aliphatic heterocycles. The number of aliphatic hydroxyl groups is 1. The molecule has 0 amide bonds. The van der Waals surface area contributed by atoms with Crippen LogP contribution in [0.3, 0.4) is 0 Å². The number of rotatable bonds is 9. The number of halogens is 2. The Labute approximate surface area is 205 Å². The van der Waals surface area contributed by atoms with Crippen molar-refractivity contribution in [2.24, 2.45) is 0 Å². The first kappa shape index (κ1) is 29.3. The zero-order chi connectivity index (χ0) is 27.5. The van der Waals surface area contributed by atoms with E-state index in [1.165, 1.54) is 12.3 Å². The van der Waals surface area contributed by atoms with Crippen molar-refractivity contribution >= 4 is 52.1 Å². The minimum absolute atomic E-state index is 0.0103. The number of phosphoric acid groups is 3. The van der Waals surface area contributed by atoms with E-state index in [1.807, 2.05) is 0 Å². The van der Waals surface area contributed by atoms with Gasteiger partial charge in [-0.15, -0.1) is 11.6 Å². The van der Waals surface area contributed by atoms with Gasteiger partial charge in [-0.3, -0.25) is 14.3 Å². The molecule has 0 spiro atoms. The summed E-state index contributed by atoms with van der Waals surface area (Å²) in [4.78, 5) is 52.6. The van der Waals surface area contributed by atoms with E-state index in [2.05, 4.69) is 18.6 Å². The Balaban J connectivity index is 1.94. The Morgan fingerprint density at radius 1 is 1.28 bits per heavy atom. The molecule has 3 heterocycles. The number of hydrogen-bond donors (Lipinski definition) is 7. The van der Waals surface area contributed by atoms with E-state index in [-0.39, 0.29) is 17.0 Å². The standard InChI is InChI=1S/C14H21ClFN4O13P3/c1-13(2,31-35(26,27)33-36(28,29)32-34(23,24)25)8-7(21)14(15,5-16)11(30-8)20-4-3-6-9(20)18-12(17)19-10(6)22/h3-4,7-8,11,21H,5H2,1-2H3,(H,26,27)(H,28,29)(H2,23,24,25)(H3,17,18,19,22)/t7?,8-,11+,14+/m0/s1. The van der Waals surface area contributed by atoms with Crippen molar-refractivity contribution in [2.75, 3.05) is 12.4 Å². The molecule has 0 aromatic carbocycles. The molecule has 22 heteroatoms. The van der Waals surface area contributed by atoms with Gasteiger partial charge in [-0.2, -0.15) is 13.6 Å². The normalized spacial score (nSPS) is 28.8. The van der Waals surface area contributed by atoms with Crippen molar-refractivity contribution in [1.82, 2.24) is 14.5 Å². The summed E-state index contributed by atoms with van der Waals surface area (Å²) in [5.74, 6) is -0.295. The molecule has 36 heavy (non-hydrogen) atoms. The van der Waals surface area contributed by atoms with Crippen LogP contribution in [-0.4, -0.2) is 68.6 Å². The highest BCUT2D eigenvalue weighted by atomic mass is 35.5. The second kappa shape index (κ2) is 9.50. The molecule has 17 nitrogen and oxygen atoms in total. The van der Waals surface area contributed by atoms with Gasteiger partial charge in [0.05, 0.1) is 5.39 Å². The number of aromatic nitrogens is 3. The maximum Gasteiger partial charge on any atom is 0.490 e. The van der Waals surface area contributed by atoms with E-state index < -0.39 is 64.6 Å². The lowest BCUT2D eigenvalue weighted by atomic mass is 9.91. The molecule has 3 unspecified atom stereocenters. The van der Waals surface area contributed by atoms with Gasteiger partial charge in [0.15, 0.2) is 11.9 Å². The minimum Gasteiger partial charge on any atom is -0.388 e. The number of H-pyrrole nitrogens is 1. The van der Waals surface area contributed by atoms with Gasteiger partial charge in [-0.1, -0.05) is 0 Å². The van der Waals surface area contributed by atoms with Gasteiger partial charge in [0.1, 0.15) is 29.4 Å². The zero-order valence-electron chi connectivity index (χ0n) is 18.2. The lowest BCUT2D eigenvalue weighted by Gasteiger charge is -2.34. The van der Waals surface area contributed by atoms with Crippen molar-refractivity contribution in [3.63, 3.8) is 0 Å². The number of nitrogens with zero attached hydrogens (tertiary/aromatic N) is 2. The van der Waals surface area contributed by atoms with E-state index in [0.29, 0.717) is 0 Å². The number of aliphatic hydroxyl groups excluding tert-OH is 1. The maximum atomic E-state index is 14.2. The second-order valence-electron chi connectivity index (χ2n) is 8.11. The average Bonchev–Trinajstić information content (AvgIpc) is 3.17. The third-order valence-electron chi connectivity index (χ3n) is 4.97. The molecule has 8 N–H and O–H groups in total. The van der Waals surface area contributed by atoms with Crippen molar-refractivity contribution in [3.8, 4) is 0 Å². The van der Waals surface area contributed by atoms with Crippen LogP contribution in [0.15, 0.2) is 17.1 Å². The molecule has 0 radical (unpaired) electrons. The lowest BCUT2D eigenvalue weighted by molar-refractivity contribution is -0.117. The number of fused-ring (bicyclic) bond motifs is 1. The monoisotopic (exact) mass is 600 g/mol. The highest BCUT2D eigenvalue weighted by Gasteiger charge is 2.62. The molecule has 204 valence electrons. The summed E-state index contributed by atoms with van der Waals surface area (Å²) in [6.45, 7) is 0.637. The largest absolute Gasteiger partial charge is 0.490 e. The molecule has 6 atom stereocenters. The van der Waals surface area contributed by atoms with E-state index in [0.717, 1.165) is 18.4 Å². The van der Waals surface area contributed by atoms with E-state index >= 15 is 0 Å². The number of anilines is 1. The summed E-state index contributed by atoms with van der Waals surface area (Å²) in [5, 5.41) is 10.8. The van der Waals surface area contributed by atoms with Crippen LogP contribution < -0.4 is 11.3 Å². The number of ether oxygens (including phenoxy) is 1. The average molecular weight is 601 g/mol. The van der Waals surface area contributed by atoms with E-state index in [1.54, 1.807) is 0 Å². The quantitative estimate of drug-likeness (QED) is 0.154. The Kier molecular flexibility index (Phi) is 7.74. The van der Waals surface area contributed by atoms with E-state index in [9.17, 15) is 37.8 Å². The van der Waals surface area contributed by atoms with Gasteiger partial charge in [0.25, 0.3) is 5.56 Å². The number of nitrogens with one attached hydrogen (secondary N) is 1. The van der Waals surface area contributed by atoms with Crippen LogP contribution in [0.1, 0.15) is 20.1 Å². The SMILES string of the molecule is CC(C)(OP(=O)(O)OP(=O)(O)OP(=O)(O)O)[C@H]1O[C@@H](n2ccc3c(=O)[nH]c(N)nc32)[C@@](Cl)(CF)C1O. The molecule has 2 aromatic heterocycles. The second-order valence-corrected chi connectivity index (χ2v) is 13.2. The number of alkyl halides is 2. The van der Waals surface area contributed by atoms with Crippen molar-refractivity contribution in [3.05, 3.63) is 22.6 Å². The predicted octanol–water partition coefficient (Wildman–Crippen LogP) is 0.634. The molecule has 3 rings (SSSR count). The molecular formula is C14H21ClFN4O13P3. The van der Waals surface area contributed by atoms with Gasteiger partial charge in [0.2, 0.25) is 5.95 Å². The van der Waals surface area contributed by atoms with Crippen LogP contribution >= 0.6 is 35.1 Å². The molecule has 0 bridgehead atoms. The summed E-state index contributed by atoms with van der Waals surface area (Å²) >= 11 is 6.37. The van der Waals surface area contributed by atoms with Crippen LogP contribution in [0.2, 0.25) is 0 Å². The highest BCUT2D eigenvalue weighted by Crippen LogP contribution is 2.67. The molecule has 0 aliphatic carbocycles. The molecule has 1 saturated heterocycles. The summed E-state index contributed by atoms with van der Waals surface area (Å²) in [7, 11) is -17.1. The fourth-order valence-electron chi connectivity index (χ4n) is 3.60. The van der Waals surface area contributed by atoms with Gasteiger partial charge < -0.3 is 39.7 Å². The molecule has 2 aromatic rings.